The van der Waals surface area contributed by atoms with E-state index in [1.165, 1.54) is 0 Å². The Balaban J connectivity index is 2.27. The van der Waals surface area contributed by atoms with Gasteiger partial charge in [0.25, 0.3) is 0 Å². The van der Waals surface area contributed by atoms with Crippen LogP contribution in [0.1, 0.15) is 52.9 Å². The van der Waals surface area contributed by atoms with Crippen molar-refractivity contribution in [3.63, 3.8) is 0 Å². The van der Waals surface area contributed by atoms with Crippen LogP contribution < -0.4 is 5.32 Å². The minimum absolute atomic E-state index is 0.183. The van der Waals surface area contributed by atoms with Gasteiger partial charge in [-0.3, -0.25) is 4.79 Å². The van der Waals surface area contributed by atoms with Crippen LogP contribution in [0.2, 0.25) is 0 Å². The lowest BCUT2D eigenvalue weighted by molar-refractivity contribution is -0.129. The zero-order valence-electron chi connectivity index (χ0n) is 10.7. The molecule has 1 N–H and O–H groups in total. The summed E-state index contributed by atoms with van der Waals surface area (Å²) in [7, 11) is 0. The molecule has 0 aromatic rings. The van der Waals surface area contributed by atoms with E-state index in [1.54, 1.807) is 0 Å². The average molecular weight is 246 g/mol. The summed E-state index contributed by atoms with van der Waals surface area (Å²) in [5, 5.41) is 3.44. The van der Waals surface area contributed by atoms with Gasteiger partial charge in [-0.05, 0) is 38.0 Å². The number of nitrogens with one attached hydrogen (secondary N) is 1. The largest absolute Gasteiger partial charge is 0.355 e. The van der Waals surface area contributed by atoms with Gasteiger partial charge < -0.3 is 5.32 Å². The van der Waals surface area contributed by atoms with E-state index in [1.807, 2.05) is 13.8 Å². The van der Waals surface area contributed by atoms with Crippen LogP contribution in [0.4, 0.5) is 0 Å². The topological polar surface area (TPSA) is 29.1 Å². The Labute approximate surface area is 104 Å². The standard InChI is InChI=1S/C13H24ClNO/c1-4-13(2,3)12(16)15-9-10-5-7-11(14)8-6-10/h10-11H,4-9H2,1-3H3,(H,15,16). The molecule has 0 radical (unpaired) electrons. The molecule has 3 heteroatoms. The molecule has 0 atom stereocenters. The van der Waals surface area contributed by atoms with Crippen LogP contribution in [0.3, 0.4) is 0 Å². The van der Waals surface area contributed by atoms with Gasteiger partial charge in [0.2, 0.25) is 5.91 Å². The van der Waals surface area contributed by atoms with E-state index >= 15 is 0 Å². The molecule has 0 bridgehead atoms. The molecule has 0 spiro atoms. The molecule has 1 aliphatic carbocycles. The van der Waals surface area contributed by atoms with Crippen molar-refractivity contribution in [2.24, 2.45) is 11.3 Å². The summed E-state index contributed by atoms with van der Waals surface area (Å²) in [6, 6.07) is 0. The summed E-state index contributed by atoms with van der Waals surface area (Å²) >= 11 is 6.05. The molecule has 16 heavy (non-hydrogen) atoms. The number of amides is 1. The molecule has 1 rings (SSSR count). The predicted molar refractivity (Wildman–Crippen MR) is 68.7 cm³/mol. The SMILES string of the molecule is CCC(C)(C)C(=O)NCC1CCC(Cl)CC1. The minimum atomic E-state index is -0.232. The third-order valence-electron chi connectivity index (χ3n) is 3.83. The molecule has 0 unspecified atom stereocenters. The first-order valence-corrected chi connectivity index (χ1v) is 6.81. The van der Waals surface area contributed by atoms with E-state index in [0.29, 0.717) is 11.3 Å². The van der Waals surface area contributed by atoms with Gasteiger partial charge in [0.1, 0.15) is 0 Å². The third-order valence-corrected chi connectivity index (χ3v) is 4.26. The Hall–Kier alpha value is -0.240. The Morgan fingerprint density at radius 3 is 2.38 bits per heavy atom. The second kappa shape index (κ2) is 5.90. The van der Waals surface area contributed by atoms with E-state index in [4.69, 9.17) is 11.6 Å². The molecule has 0 saturated heterocycles. The molecule has 0 aliphatic heterocycles. The minimum Gasteiger partial charge on any atom is -0.355 e. The van der Waals surface area contributed by atoms with Crippen LogP contribution in [0.5, 0.6) is 0 Å². The number of hydrogen-bond acceptors (Lipinski definition) is 1. The zero-order chi connectivity index (χ0) is 12.2. The van der Waals surface area contributed by atoms with Gasteiger partial charge in [-0.15, -0.1) is 11.6 Å². The lowest BCUT2D eigenvalue weighted by Gasteiger charge is -2.27. The van der Waals surface area contributed by atoms with Crippen molar-refractivity contribution in [3.05, 3.63) is 0 Å². The summed E-state index contributed by atoms with van der Waals surface area (Å²) in [6.07, 6.45) is 5.38. The van der Waals surface area contributed by atoms with E-state index in [0.717, 1.165) is 38.6 Å². The fraction of sp³-hybridized carbons (Fsp3) is 0.923. The lowest BCUT2D eigenvalue weighted by atomic mass is 9.87. The highest BCUT2D eigenvalue weighted by Crippen LogP contribution is 2.27. The van der Waals surface area contributed by atoms with Gasteiger partial charge in [0.05, 0.1) is 0 Å². The van der Waals surface area contributed by atoms with Crippen LogP contribution in [-0.2, 0) is 4.79 Å². The van der Waals surface area contributed by atoms with Crippen LogP contribution in [0.25, 0.3) is 0 Å². The molecular formula is C13H24ClNO. The van der Waals surface area contributed by atoms with Gasteiger partial charge in [-0.25, -0.2) is 0 Å². The highest BCUT2D eigenvalue weighted by Gasteiger charge is 2.26. The van der Waals surface area contributed by atoms with Gasteiger partial charge in [-0.2, -0.15) is 0 Å². The number of hydrogen-bond donors (Lipinski definition) is 1. The number of carbonyl (C=O) groups is 1. The van der Waals surface area contributed by atoms with Crippen molar-refractivity contribution in [3.8, 4) is 0 Å². The van der Waals surface area contributed by atoms with Crippen LogP contribution >= 0.6 is 11.6 Å². The van der Waals surface area contributed by atoms with E-state index in [-0.39, 0.29) is 11.3 Å². The van der Waals surface area contributed by atoms with Crippen molar-refractivity contribution >= 4 is 17.5 Å². The fourth-order valence-electron chi connectivity index (χ4n) is 1.96. The van der Waals surface area contributed by atoms with Crippen LogP contribution in [0.15, 0.2) is 0 Å². The molecule has 0 aromatic heterocycles. The van der Waals surface area contributed by atoms with Crippen molar-refractivity contribution < 1.29 is 4.79 Å². The monoisotopic (exact) mass is 245 g/mol. The quantitative estimate of drug-likeness (QED) is 0.757. The van der Waals surface area contributed by atoms with Gasteiger partial charge in [0.15, 0.2) is 0 Å². The van der Waals surface area contributed by atoms with Crippen molar-refractivity contribution in [2.45, 2.75) is 58.3 Å². The summed E-state index contributed by atoms with van der Waals surface area (Å²) < 4.78 is 0. The maximum Gasteiger partial charge on any atom is 0.225 e. The van der Waals surface area contributed by atoms with Gasteiger partial charge >= 0.3 is 0 Å². The van der Waals surface area contributed by atoms with Crippen LogP contribution in [0, 0.1) is 11.3 Å². The molecule has 2 nitrogen and oxygen atoms in total. The molecule has 1 amide bonds. The van der Waals surface area contributed by atoms with Crippen LogP contribution in [-0.4, -0.2) is 17.8 Å². The average Bonchev–Trinajstić information content (AvgIpc) is 2.28. The smallest absolute Gasteiger partial charge is 0.225 e. The first-order valence-electron chi connectivity index (χ1n) is 6.38. The Bertz CT molecular complexity index is 232. The molecule has 0 heterocycles. The number of carbonyl (C=O) groups excluding carboxylic acids is 1. The normalized spacial score (nSPS) is 26.5. The maximum absolute atomic E-state index is 11.9. The van der Waals surface area contributed by atoms with E-state index in [9.17, 15) is 4.79 Å². The second-order valence-electron chi connectivity index (χ2n) is 5.57. The maximum atomic E-state index is 11.9. The van der Waals surface area contributed by atoms with Gasteiger partial charge in [-0.1, -0.05) is 20.8 Å². The third kappa shape index (κ3) is 3.97. The molecular weight excluding hydrogens is 222 g/mol. The highest BCUT2D eigenvalue weighted by molar-refractivity contribution is 6.20. The summed E-state index contributed by atoms with van der Waals surface area (Å²) in [6.45, 7) is 6.88. The lowest BCUT2D eigenvalue weighted by Crippen LogP contribution is -2.39. The van der Waals surface area contributed by atoms with Crippen molar-refractivity contribution in [1.29, 1.82) is 0 Å². The Morgan fingerprint density at radius 2 is 1.88 bits per heavy atom. The summed E-state index contributed by atoms with van der Waals surface area (Å²) in [5.74, 6) is 0.814. The Morgan fingerprint density at radius 1 is 1.31 bits per heavy atom. The molecule has 0 aromatic carbocycles. The van der Waals surface area contributed by atoms with Gasteiger partial charge in [0, 0.05) is 17.3 Å². The zero-order valence-corrected chi connectivity index (χ0v) is 11.4. The fourth-order valence-corrected chi connectivity index (χ4v) is 2.21. The number of halogens is 1. The van der Waals surface area contributed by atoms with Crippen molar-refractivity contribution in [1.82, 2.24) is 5.32 Å². The molecule has 1 saturated carbocycles. The Kier molecular flexibility index (Phi) is 5.10. The number of alkyl halides is 1. The molecule has 94 valence electrons. The summed E-state index contributed by atoms with van der Waals surface area (Å²) in [5.41, 5.74) is -0.232. The number of rotatable bonds is 4. The first kappa shape index (κ1) is 13.8. The summed E-state index contributed by atoms with van der Waals surface area (Å²) in [4.78, 5) is 11.9. The first-order chi connectivity index (χ1) is 7.45. The second-order valence-corrected chi connectivity index (χ2v) is 6.18. The molecule has 1 fully saturated rings. The molecule has 1 aliphatic rings. The highest BCUT2D eigenvalue weighted by atomic mass is 35.5. The van der Waals surface area contributed by atoms with Crippen molar-refractivity contribution in [2.75, 3.05) is 6.54 Å². The van der Waals surface area contributed by atoms with E-state index < -0.39 is 0 Å². The van der Waals surface area contributed by atoms with E-state index in [2.05, 4.69) is 12.2 Å². The predicted octanol–water partition coefficient (Wildman–Crippen LogP) is 3.34.